The van der Waals surface area contributed by atoms with Crippen molar-refractivity contribution in [1.29, 1.82) is 0 Å². The summed E-state index contributed by atoms with van der Waals surface area (Å²) in [6, 6.07) is 18.1. The molecular weight excluding hydrogens is 546 g/mol. The molecule has 2 aliphatic rings. The lowest BCUT2D eigenvalue weighted by molar-refractivity contribution is -0.137. The molecule has 2 heterocycles. The highest BCUT2D eigenvalue weighted by atomic mass is 16.6. The summed E-state index contributed by atoms with van der Waals surface area (Å²) in [5.41, 5.74) is 6.00. The monoisotopic (exact) mass is 587 g/mol. The summed E-state index contributed by atoms with van der Waals surface area (Å²) in [6.07, 6.45) is 1.38. The molecule has 8 heteroatoms. The number of amides is 1. The largest absolute Gasteiger partial charge is 0.492 e. The van der Waals surface area contributed by atoms with Crippen LogP contribution in [-0.4, -0.2) is 53.5 Å². The second-order valence-corrected chi connectivity index (χ2v) is 12.5. The van der Waals surface area contributed by atoms with Crippen LogP contribution in [0.25, 0.3) is 11.1 Å². The van der Waals surface area contributed by atoms with Crippen LogP contribution in [0.3, 0.4) is 0 Å². The van der Waals surface area contributed by atoms with Crippen molar-refractivity contribution >= 4 is 12.1 Å². The number of rotatable bonds is 8. The summed E-state index contributed by atoms with van der Waals surface area (Å²) in [6.45, 7) is 11.9. The number of fused-ring (bicyclic) bond motifs is 1. The van der Waals surface area contributed by atoms with Crippen LogP contribution >= 0.6 is 0 Å². The number of likely N-dealkylation sites (tertiary alicyclic amines) is 1. The molecule has 1 fully saturated rings. The highest BCUT2D eigenvalue weighted by Crippen LogP contribution is 2.38. The average molecular weight is 588 g/mol. The first-order valence-electron chi connectivity index (χ1n) is 14.9. The van der Waals surface area contributed by atoms with E-state index in [4.69, 9.17) is 24.1 Å². The Morgan fingerprint density at radius 2 is 1.70 bits per heavy atom. The number of nitrogens with zero attached hydrogens (tertiary/aromatic N) is 1. The standard InChI is InChI=1S/C35H41NO7/c1-22-15-29(42-27-11-13-36(14-12-27)34(39)43-35(3,4)5)16-23(2)33(22)25-8-6-7-24(17-25)20-40-28-9-10-30-26(18-32(37)38)21-41-31(30)19-28/h6-10,15-17,19,26-27H,11-14,18,20-21H2,1-5H3,(H,37,38). The lowest BCUT2D eigenvalue weighted by Gasteiger charge is -2.33. The van der Waals surface area contributed by atoms with E-state index in [1.165, 1.54) is 5.56 Å². The Kier molecular flexibility index (Phi) is 8.85. The van der Waals surface area contributed by atoms with E-state index in [0.29, 0.717) is 37.8 Å². The van der Waals surface area contributed by atoms with Crippen molar-refractivity contribution in [3.63, 3.8) is 0 Å². The molecule has 3 aromatic rings. The molecule has 1 saturated heterocycles. The zero-order chi connectivity index (χ0) is 30.7. The van der Waals surface area contributed by atoms with Gasteiger partial charge in [-0.1, -0.05) is 24.3 Å². The van der Waals surface area contributed by atoms with Gasteiger partial charge in [-0.15, -0.1) is 0 Å². The van der Waals surface area contributed by atoms with Gasteiger partial charge in [0.25, 0.3) is 0 Å². The SMILES string of the molecule is Cc1cc(OC2CCN(C(=O)OC(C)(C)C)CC2)cc(C)c1-c1cccc(COc2ccc3c(c2)OCC3CC(=O)O)c1. The van der Waals surface area contributed by atoms with Gasteiger partial charge in [0.2, 0.25) is 0 Å². The van der Waals surface area contributed by atoms with Crippen LogP contribution in [0.2, 0.25) is 0 Å². The lowest BCUT2D eigenvalue weighted by Crippen LogP contribution is -2.44. The Morgan fingerprint density at radius 3 is 2.37 bits per heavy atom. The quantitative estimate of drug-likeness (QED) is 0.296. The van der Waals surface area contributed by atoms with E-state index in [9.17, 15) is 9.59 Å². The number of aryl methyl sites for hydroxylation is 2. The number of benzene rings is 3. The fourth-order valence-electron chi connectivity index (χ4n) is 5.83. The summed E-state index contributed by atoms with van der Waals surface area (Å²) in [7, 11) is 0. The summed E-state index contributed by atoms with van der Waals surface area (Å²) in [5, 5.41) is 9.13. The Bertz CT molecular complexity index is 1460. The first-order valence-corrected chi connectivity index (χ1v) is 14.9. The number of hydrogen-bond donors (Lipinski definition) is 1. The van der Waals surface area contributed by atoms with Crippen LogP contribution in [0.4, 0.5) is 4.79 Å². The molecule has 0 radical (unpaired) electrons. The summed E-state index contributed by atoms with van der Waals surface area (Å²) in [4.78, 5) is 25.3. The molecule has 0 aliphatic carbocycles. The van der Waals surface area contributed by atoms with Crippen LogP contribution in [0.5, 0.6) is 17.2 Å². The molecule has 8 nitrogen and oxygen atoms in total. The minimum Gasteiger partial charge on any atom is -0.492 e. The average Bonchev–Trinajstić information content (AvgIpc) is 3.32. The number of carboxylic acid groups (broad SMARTS) is 1. The zero-order valence-electron chi connectivity index (χ0n) is 25.6. The molecule has 0 aromatic heterocycles. The third-order valence-corrected chi connectivity index (χ3v) is 7.81. The van der Waals surface area contributed by atoms with Crippen molar-refractivity contribution in [3.05, 3.63) is 76.9 Å². The molecule has 43 heavy (non-hydrogen) atoms. The number of piperidine rings is 1. The van der Waals surface area contributed by atoms with Gasteiger partial charge in [0.1, 0.15) is 35.6 Å². The third-order valence-electron chi connectivity index (χ3n) is 7.81. The number of carbonyl (C=O) groups excluding carboxylic acids is 1. The number of carboxylic acids is 1. The molecule has 0 bridgehead atoms. The molecule has 0 saturated carbocycles. The topological polar surface area (TPSA) is 94.5 Å². The van der Waals surface area contributed by atoms with Gasteiger partial charge >= 0.3 is 12.1 Å². The Hall–Kier alpha value is -4.20. The molecule has 228 valence electrons. The Labute approximate surface area is 253 Å². The highest BCUT2D eigenvalue weighted by Gasteiger charge is 2.28. The second kappa shape index (κ2) is 12.6. The Balaban J connectivity index is 1.20. The molecule has 1 N–H and O–H groups in total. The summed E-state index contributed by atoms with van der Waals surface area (Å²) < 4.78 is 23.7. The van der Waals surface area contributed by atoms with Gasteiger partial charge in [-0.3, -0.25) is 4.79 Å². The molecule has 2 aliphatic heterocycles. The first kappa shape index (κ1) is 30.3. The molecule has 1 atom stereocenters. The van der Waals surface area contributed by atoms with Crippen molar-refractivity contribution in [3.8, 4) is 28.4 Å². The van der Waals surface area contributed by atoms with Crippen LogP contribution in [0.15, 0.2) is 54.6 Å². The van der Waals surface area contributed by atoms with Gasteiger partial charge in [0, 0.05) is 43.5 Å². The van der Waals surface area contributed by atoms with E-state index in [0.717, 1.165) is 46.4 Å². The third kappa shape index (κ3) is 7.61. The minimum atomic E-state index is -0.827. The molecule has 1 unspecified atom stereocenters. The number of ether oxygens (including phenoxy) is 4. The lowest BCUT2D eigenvalue weighted by atomic mass is 9.94. The summed E-state index contributed by atoms with van der Waals surface area (Å²) >= 11 is 0. The van der Waals surface area contributed by atoms with Gasteiger partial charge in [-0.25, -0.2) is 4.79 Å². The van der Waals surface area contributed by atoms with Crippen molar-refractivity contribution < 1.29 is 33.6 Å². The molecule has 0 spiro atoms. The van der Waals surface area contributed by atoms with Crippen molar-refractivity contribution in [2.75, 3.05) is 19.7 Å². The molecule has 5 rings (SSSR count). The molecular formula is C35H41NO7. The maximum atomic E-state index is 12.4. The number of hydrogen-bond acceptors (Lipinski definition) is 6. The molecule has 1 amide bonds. The van der Waals surface area contributed by atoms with E-state index < -0.39 is 11.6 Å². The maximum absolute atomic E-state index is 12.4. The van der Waals surface area contributed by atoms with Crippen LogP contribution in [0, 0.1) is 13.8 Å². The number of aliphatic carboxylic acids is 1. The van der Waals surface area contributed by atoms with E-state index >= 15 is 0 Å². The highest BCUT2D eigenvalue weighted by molar-refractivity contribution is 5.72. The van der Waals surface area contributed by atoms with Crippen LogP contribution in [-0.2, 0) is 16.1 Å². The fourth-order valence-corrected chi connectivity index (χ4v) is 5.83. The van der Waals surface area contributed by atoms with Crippen molar-refractivity contribution in [1.82, 2.24) is 4.90 Å². The van der Waals surface area contributed by atoms with Gasteiger partial charge in [0.15, 0.2) is 0 Å². The van der Waals surface area contributed by atoms with E-state index in [1.54, 1.807) is 4.90 Å². The first-order chi connectivity index (χ1) is 20.4. The molecule has 3 aromatic carbocycles. The van der Waals surface area contributed by atoms with Gasteiger partial charge in [-0.05, 0) is 86.7 Å². The summed E-state index contributed by atoms with van der Waals surface area (Å²) in [5.74, 6) is 1.27. The smallest absolute Gasteiger partial charge is 0.410 e. The zero-order valence-corrected chi connectivity index (χ0v) is 25.6. The predicted octanol–water partition coefficient (Wildman–Crippen LogP) is 7.28. The van der Waals surface area contributed by atoms with Gasteiger partial charge < -0.3 is 29.0 Å². The predicted molar refractivity (Wildman–Crippen MR) is 164 cm³/mol. The van der Waals surface area contributed by atoms with Crippen molar-refractivity contribution in [2.45, 2.75) is 78.1 Å². The van der Waals surface area contributed by atoms with Gasteiger partial charge in [0.05, 0.1) is 13.0 Å². The van der Waals surface area contributed by atoms with Crippen LogP contribution in [0.1, 0.15) is 68.2 Å². The number of carbonyl (C=O) groups is 2. The maximum Gasteiger partial charge on any atom is 0.410 e. The van der Waals surface area contributed by atoms with Gasteiger partial charge in [-0.2, -0.15) is 0 Å². The van der Waals surface area contributed by atoms with E-state index in [2.05, 4.69) is 38.1 Å². The van der Waals surface area contributed by atoms with E-state index in [1.807, 2.05) is 51.1 Å². The normalized spacial score (nSPS) is 16.8. The van der Waals surface area contributed by atoms with Crippen molar-refractivity contribution in [2.24, 2.45) is 0 Å². The Morgan fingerprint density at radius 1 is 0.977 bits per heavy atom. The van der Waals surface area contributed by atoms with E-state index in [-0.39, 0.29) is 24.5 Å². The minimum absolute atomic E-state index is 0.0523. The second-order valence-electron chi connectivity index (χ2n) is 12.5. The van der Waals surface area contributed by atoms with Crippen LogP contribution < -0.4 is 14.2 Å². The fraction of sp³-hybridized carbons (Fsp3) is 0.429.